The molecule has 4 rings (SSSR count). The summed E-state index contributed by atoms with van der Waals surface area (Å²) in [5, 5.41) is 25.0. The molecule has 0 aliphatic carbocycles. The highest BCUT2D eigenvalue weighted by Crippen LogP contribution is 2.30. The van der Waals surface area contributed by atoms with Gasteiger partial charge in [-0.1, -0.05) is 55.5 Å². The number of carbonyl (C=O) groups is 2. The molecule has 2 aromatic carbocycles. The highest BCUT2D eigenvalue weighted by atomic mass is 16.7. The van der Waals surface area contributed by atoms with E-state index in [1.807, 2.05) is 55.5 Å². The Hall–Kier alpha value is -4.58. The lowest BCUT2D eigenvalue weighted by atomic mass is 9.98. The van der Waals surface area contributed by atoms with Gasteiger partial charge in [0.1, 0.15) is 30.3 Å². The normalized spacial score (nSPS) is 11.3. The number of rotatable bonds is 12. The number of aliphatic hydroxyl groups is 1. The summed E-state index contributed by atoms with van der Waals surface area (Å²) in [4.78, 5) is 29.7. The van der Waals surface area contributed by atoms with Gasteiger partial charge in [0.15, 0.2) is 11.5 Å². The van der Waals surface area contributed by atoms with E-state index in [4.69, 9.17) is 14.2 Å². The summed E-state index contributed by atoms with van der Waals surface area (Å²) in [6, 6.07) is 15.4. The van der Waals surface area contributed by atoms with Gasteiger partial charge in [0.25, 0.3) is 0 Å². The van der Waals surface area contributed by atoms with E-state index in [0.29, 0.717) is 18.1 Å². The first-order valence-corrected chi connectivity index (χ1v) is 13.4. The van der Waals surface area contributed by atoms with Crippen LogP contribution < -0.4 is 0 Å². The molecule has 0 atom stereocenters. The highest BCUT2D eigenvalue weighted by Gasteiger charge is 2.32. The van der Waals surface area contributed by atoms with Gasteiger partial charge >= 0.3 is 12.1 Å². The fourth-order valence-electron chi connectivity index (χ4n) is 4.38. The van der Waals surface area contributed by atoms with Crippen molar-refractivity contribution in [1.82, 2.24) is 30.2 Å². The van der Waals surface area contributed by atoms with Gasteiger partial charge in [0, 0.05) is 12.0 Å². The molecule has 0 spiro atoms. The molecule has 0 radical (unpaired) electrons. The number of aromatic amines is 1. The maximum atomic E-state index is 13.4. The Morgan fingerprint density at radius 3 is 2.37 bits per heavy atom. The molecule has 0 unspecified atom stereocenters. The van der Waals surface area contributed by atoms with Crippen molar-refractivity contribution in [2.45, 2.75) is 59.3 Å². The van der Waals surface area contributed by atoms with E-state index in [1.54, 1.807) is 25.3 Å². The summed E-state index contributed by atoms with van der Waals surface area (Å²) < 4.78 is 17.3. The first kappa shape index (κ1) is 29.4. The Morgan fingerprint density at radius 2 is 1.73 bits per heavy atom. The van der Waals surface area contributed by atoms with Crippen LogP contribution in [0.15, 0.2) is 48.5 Å². The molecule has 4 aromatic rings. The molecule has 0 saturated carbocycles. The van der Waals surface area contributed by atoms with Crippen LogP contribution in [-0.2, 0) is 39.4 Å². The predicted molar refractivity (Wildman–Crippen MR) is 149 cm³/mol. The van der Waals surface area contributed by atoms with E-state index in [2.05, 4.69) is 25.6 Å². The van der Waals surface area contributed by atoms with E-state index in [1.165, 1.54) is 0 Å². The molecule has 0 bridgehead atoms. The summed E-state index contributed by atoms with van der Waals surface area (Å²) in [5.74, 6) is 0.516. The summed E-state index contributed by atoms with van der Waals surface area (Å²) in [6.45, 7) is 7.10. The lowest BCUT2D eigenvalue weighted by Gasteiger charge is -2.18. The molecule has 0 amide bonds. The minimum absolute atomic E-state index is 0.00565. The maximum absolute atomic E-state index is 13.4. The van der Waals surface area contributed by atoms with Gasteiger partial charge in [-0.3, -0.25) is 0 Å². The summed E-state index contributed by atoms with van der Waals surface area (Å²) in [5.41, 5.74) is 2.45. The Balaban J connectivity index is 1.53. The third kappa shape index (κ3) is 7.14. The van der Waals surface area contributed by atoms with Crippen LogP contribution in [0.4, 0.5) is 4.79 Å². The molecule has 216 valence electrons. The monoisotopic (exact) mass is 562 g/mol. The van der Waals surface area contributed by atoms with Gasteiger partial charge < -0.3 is 23.9 Å². The number of ether oxygens (including phenoxy) is 3. The van der Waals surface area contributed by atoms with Gasteiger partial charge in [-0.15, -0.1) is 5.10 Å². The lowest BCUT2D eigenvalue weighted by molar-refractivity contribution is 0.0413. The second-order valence-corrected chi connectivity index (χ2v) is 9.79. The number of tetrazole rings is 1. The second kappa shape index (κ2) is 13.2. The van der Waals surface area contributed by atoms with Gasteiger partial charge in [0.05, 0.1) is 13.2 Å². The standard InChI is InChI=1S/C29H34N6O6/c1-5-9-23-30-25(29(3,4)38)24(35(23)16-17-40-28(37)39-6-2)27(36)41-18-19-12-14-20(15-13-19)21-10-7-8-11-22(21)26-31-33-34-32-26/h7-8,10-15,38H,5-6,9,16-18H2,1-4H3,(H,31,32,33,34). The number of aryl methyl sites for hydroxylation is 1. The molecule has 0 saturated heterocycles. The molecule has 2 heterocycles. The second-order valence-electron chi connectivity index (χ2n) is 9.79. The van der Waals surface area contributed by atoms with Gasteiger partial charge in [-0.25, -0.2) is 19.7 Å². The third-order valence-corrected chi connectivity index (χ3v) is 6.25. The number of hydrogen-bond donors (Lipinski definition) is 2. The molecule has 12 heteroatoms. The van der Waals surface area contributed by atoms with Crippen molar-refractivity contribution < 1.29 is 28.9 Å². The molecule has 0 aliphatic heterocycles. The predicted octanol–water partition coefficient (Wildman–Crippen LogP) is 4.44. The number of hydrogen-bond acceptors (Lipinski definition) is 10. The van der Waals surface area contributed by atoms with Crippen molar-refractivity contribution in [3.05, 3.63) is 71.3 Å². The average Bonchev–Trinajstić information content (AvgIpc) is 3.61. The number of H-pyrrole nitrogens is 1. The van der Waals surface area contributed by atoms with Crippen molar-refractivity contribution in [3.63, 3.8) is 0 Å². The molecule has 0 aliphatic rings. The molecule has 2 N–H and O–H groups in total. The smallest absolute Gasteiger partial charge is 0.456 e. The first-order chi connectivity index (χ1) is 19.7. The zero-order valence-corrected chi connectivity index (χ0v) is 23.6. The minimum Gasteiger partial charge on any atom is -0.456 e. The van der Waals surface area contributed by atoms with Crippen LogP contribution in [0.1, 0.15) is 61.7 Å². The molecule has 12 nitrogen and oxygen atoms in total. The van der Waals surface area contributed by atoms with E-state index in [-0.39, 0.29) is 37.8 Å². The number of carbonyl (C=O) groups excluding carboxylic acids is 2. The SMILES string of the molecule is CCCc1nc(C(C)(C)O)c(C(=O)OCc2ccc(-c3ccccc3-c3nnn[nH]3)cc2)n1CCOC(=O)OCC. The number of esters is 1. The topological polar surface area (TPSA) is 154 Å². The van der Waals surface area contributed by atoms with E-state index < -0.39 is 17.7 Å². The van der Waals surface area contributed by atoms with Crippen LogP contribution in [0.2, 0.25) is 0 Å². The molecular weight excluding hydrogens is 528 g/mol. The van der Waals surface area contributed by atoms with E-state index in [0.717, 1.165) is 28.7 Å². The maximum Gasteiger partial charge on any atom is 0.508 e. The summed E-state index contributed by atoms with van der Waals surface area (Å²) in [6.07, 6.45) is 0.529. The summed E-state index contributed by atoms with van der Waals surface area (Å²) in [7, 11) is 0. The van der Waals surface area contributed by atoms with Crippen molar-refractivity contribution >= 4 is 12.1 Å². The van der Waals surface area contributed by atoms with E-state index in [9.17, 15) is 14.7 Å². The Bertz CT molecular complexity index is 1460. The number of nitrogens with one attached hydrogen (secondary N) is 1. The van der Waals surface area contributed by atoms with Crippen molar-refractivity contribution in [3.8, 4) is 22.5 Å². The van der Waals surface area contributed by atoms with Crippen molar-refractivity contribution in [1.29, 1.82) is 0 Å². The largest absolute Gasteiger partial charge is 0.508 e. The number of imidazole rings is 1. The van der Waals surface area contributed by atoms with E-state index >= 15 is 0 Å². The van der Waals surface area contributed by atoms with Crippen molar-refractivity contribution in [2.24, 2.45) is 0 Å². The summed E-state index contributed by atoms with van der Waals surface area (Å²) >= 11 is 0. The van der Waals surface area contributed by atoms with Gasteiger partial charge in [-0.05, 0) is 54.3 Å². The lowest BCUT2D eigenvalue weighted by Crippen LogP contribution is -2.24. The Kier molecular flexibility index (Phi) is 9.45. The Morgan fingerprint density at radius 1 is 1.00 bits per heavy atom. The van der Waals surface area contributed by atoms with Crippen LogP contribution >= 0.6 is 0 Å². The van der Waals surface area contributed by atoms with Crippen LogP contribution in [0.25, 0.3) is 22.5 Å². The quantitative estimate of drug-likeness (QED) is 0.237. The first-order valence-electron chi connectivity index (χ1n) is 13.4. The molecule has 0 fully saturated rings. The number of benzene rings is 2. The molecular formula is C29H34N6O6. The van der Waals surface area contributed by atoms with Gasteiger partial charge in [-0.2, -0.15) is 0 Å². The van der Waals surface area contributed by atoms with Crippen LogP contribution in [-0.4, -0.2) is 60.6 Å². The van der Waals surface area contributed by atoms with Crippen LogP contribution in [0.3, 0.4) is 0 Å². The zero-order valence-electron chi connectivity index (χ0n) is 23.6. The highest BCUT2D eigenvalue weighted by molar-refractivity contribution is 5.89. The average molecular weight is 563 g/mol. The molecule has 2 aromatic heterocycles. The van der Waals surface area contributed by atoms with Crippen molar-refractivity contribution in [2.75, 3.05) is 13.2 Å². The molecule has 41 heavy (non-hydrogen) atoms. The Labute approximate surface area is 237 Å². The van der Waals surface area contributed by atoms with Crippen LogP contribution in [0.5, 0.6) is 0 Å². The zero-order chi connectivity index (χ0) is 29.4. The number of aromatic nitrogens is 6. The fraction of sp³-hybridized carbons (Fsp3) is 0.379. The van der Waals surface area contributed by atoms with Gasteiger partial charge in [0.2, 0.25) is 0 Å². The fourth-order valence-corrected chi connectivity index (χ4v) is 4.38. The number of nitrogens with zero attached hydrogens (tertiary/aromatic N) is 5. The minimum atomic E-state index is -1.40. The third-order valence-electron chi connectivity index (χ3n) is 6.25. The van der Waals surface area contributed by atoms with Crippen LogP contribution in [0, 0.1) is 0 Å².